The predicted molar refractivity (Wildman–Crippen MR) is 118 cm³/mol. The fraction of sp³-hybridized carbons (Fsp3) is 0.182. The van der Waals surface area contributed by atoms with Gasteiger partial charge in [-0.2, -0.15) is 5.10 Å². The van der Waals surface area contributed by atoms with Crippen LogP contribution < -0.4 is 0 Å². The van der Waals surface area contributed by atoms with E-state index in [0.717, 1.165) is 29.6 Å². The lowest BCUT2D eigenvalue weighted by Gasteiger charge is -2.24. The average Bonchev–Trinajstić information content (AvgIpc) is 3.28. The molecule has 6 heteroatoms. The Morgan fingerprint density at radius 3 is 2.32 bits per heavy atom. The highest BCUT2D eigenvalue weighted by Gasteiger charge is 2.24. The van der Waals surface area contributed by atoms with Crippen molar-refractivity contribution >= 4 is 39.7 Å². The van der Waals surface area contributed by atoms with E-state index in [9.17, 15) is 0 Å². The van der Waals surface area contributed by atoms with E-state index in [2.05, 4.69) is 76.5 Å². The summed E-state index contributed by atoms with van der Waals surface area (Å²) in [4.78, 5) is 4.91. The molecule has 0 amide bonds. The van der Waals surface area contributed by atoms with E-state index in [1.165, 1.54) is 27.1 Å². The van der Waals surface area contributed by atoms with Gasteiger partial charge in [-0.3, -0.25) is 5.01 Å². The number of nitrogens with zero attached hydrogens (tertiary/aromatic N) is 4. The molecular formula is C22H20N4S2. The van der Waals surface area contributed by atoms with Crippen molar-refractivity contribution in [1.82, 2.24) is 14.6 Å². The van der Waals surface area contributed by atoms with Crippen molar-refractivity contribution in [1.29, 1.82) is 0 Å². The van der Waals surface area contributed by atoms with Gasteiger partial charge in [-0.15, -0.1) is 11.3 Å². The Hall–Kier alpha value is -2.57. The van der Waals surface area contributed by atoms with Gasteiger partial charge in [0.15, 0.2) is 9.99 Å². The number of hydrogen-bond donors (Lipinski definition) is 0. The van der Waals surface area contributed by atoms with Gasteiger partial charge in [0, 0.05) is 12.1 Å². The minimum Gasteiger partial charge on any atom is -0.322 e. The van der Waals surface area contributed by atoms with Crippen LogP contribution in [0, 0.1) is 0 Å². The second kappa shape index (κ2) is 7.45. The zero-order valence-corrected chi connectivity index (χ0v) is 17.2. The third-order valence-corrected chi connectivity index (χ3v) is 7.04. The van der Waals surface area contributed by atoms with Gasteiger partial charge in [0.05, 0.1) is 29.7 Å². The highest BCUT2D eigenvalue weighted by molar-refractivity contribution is 8.00. The monoisotopic (exact) mass is 404 g/mol. The van der Waals surface area contributed by atoms with Gasteiger partial charge in [0.25, 0.3) is 0 Å². The molecular weight excluding hydrogens is 384 g/mol. The standard InChI is InChI=1S/C22H20N4S2/c1-27-22-24-21-20(28-22)18-12-23-25(13-16-8-4-2-5-9-16)15-19(18)26(21)14-17-10-6-3-7-11-17/h2-12H,13-15H2,1H3. The number of hydrazone groups is 1. The van der Waals surface area contributed by atoms with E-state index in [1.807, 2.05) is 6.21 Å². The van der Waals surface area contributed by atoms with Gasteiger partial charge in [-0.05, 0) is 17.4 Å². The molecule has 5 rings (SSSR count). The summed E-state index contributed by atoms with van der Waals surface area (Å²) in [6.45, 7) is 2.44. The molecule has 1 aliphatic rings. The molecule has 2 aromatic carbocycles. The molecule has 28 heavy (non-hydrogen) atoms. The molecule has 0 fully saturated rings. The summed E-state index contributed by atoms with van der Waals surface area (Å²) in [6.07, 6.45) is 4.11. The molecule has 0 N–H and O–H groups in total. The van der Waals surface area contributed by atoms with E-state index in [0.29, 0.717) is 0 Å². The normalized spacial score (nSPS) is 13.2. The summed E-state index contributed by atoms with van der Waals surface area (Å²) in [5.74, 6) is 0. The number of thioether (sulfide) groups is 1. The van der Waals surface area contributed by atoms with Crippen LogP contribution in [0.2, 0.25) is 0 Å². The van der Waals surface area contributed by atoms with E-state index >= 15 is 0 Å². The zero-order chi connectivity index (χ0) is 18.9. The molecule has 0 saturated heterocycles. The van der Waals surface area contributed by atoms with E-state index in [-0.39, 0.29) is 0 Å². The summed E-state index contributed by atoms with van der Waals surface area (Å²) in [6, 6.07) is 21.1. The predicted octanol–water partition coefficient (Wildman–Crippen LogP) is 5.22. The van der Waals surface area contributed by atoms with E-state index < -0.39 is 0 Å². The fourth-order valence-electron chi connectivity index (χ4n) is 3.63. The highest BCUT2D eigenvalue weighted by Crippen LogP contribution is 2.36. The number of fused-ring (bicyclic) bond motifs is 3. The molecule has 0 unspecified atom stereocenters. The topological polar surface area (TPSA) is 33.4 Å². The number of thiazole rings is 1. The first-order valence-corrected chi connectivity index (χ1v) is 11.3. The lowest BCUT2D eigenvalue weighted by atomic mass is 10.2. The number of benzene rings is 2. The number of hydrogen-bond acceptors (Lipinski definition) is 5. The third-order valence-electron chi connectivity index (χ3n) is 4.98. The van der Waals surface area contributed by atoms with Crippen LogP contribution in [-0.2, 0) is 19.6 Å². The summed E-state index contributed by atoms with van der Waals surface area (Å²) in [5, 5.41) is 6.88. The Balaban J connectivity index is 1.54. The van der Waals surface area contributed by atoms with Crippen molar-refractivity contribution in [2.75, 3.05) is 6.26 Å². The third kappa shape index (κ3) is 3.23. The van der Waals surface area contributed by atoms with Gasteiger partial charge < -0.3 is 4.57 Å². The smallest absolute Gasteiger partial charge is 0.153 e. The number of aromatic nitrogens is 2. The second-order valence-corrected chi connectivity index (χ2v) is 8.87. The first-order valence-electron chi connectivity index (χ1n) is 9.24. The molecule has 1 aliphatic heterocycles. The van der Waals surface area contributed by atoms with Gasteiger partial charge in [-0.25, -0.2) is 4.98 Å². The Bertz CT molecular complexity index is 1130. The molecule has 0 spiro atoms. The van der Waals surface area contributed by atoms with Crippen LogP contribution in [0.3, 0.4) is 0 Å². The van der Waals surface area contributed by atoms with Gasteiger partial charge in [-0.1, -0.05) is 72.4 Å². The molecule has 0 bridgehead atoms. The average molecular weight is 405 g/mol. The van der Waals surface area contributed by atoms with Crippen LogP contribution in [0.5, 0.6) is 0 Å². The summed E-state index contributed by atoms with van der Waals surface area (Å²) >= 11 is 3.48. The molecule has 4 aromatic rings. The maximum absolute atomic E-state index is 4.91. The van der Waals surface area contributed by atoms with Crippen LogP contribution in [0.4, 0.5) is 0 Å². The van der Waals surface area contributed by atoms with Crippen molar-refractivity contribution < 1.29 is 0 Å². The minimum absolute atomic E-state index is 0.797. The largest absolute Gasteiger partial charge is 0.322 e. The fourth-order valence-corrected chi connectivity index (χ4v) is 5.22. The van der Waals surface area contributed by atoms with Crippen LogP contribution in [-0.4, -0.2) is 27.0 Å². The van der Waals surface area contributed by atoms with E-state index in [1.54, 1.807) is 23.1 Å². The van der Waals surface area contributed by atoms with Gasteiger partial charge >= 0.3 is 0 Å². The molecule has 140 valence electrons. The maximum atomic E-state index is 4.91. The zero-order valence-electron chi connectivity index (χ0n) is 15.6. The van der Waals surface area contributed by atoms with Crippen molar-refractivity contribution in [3.05, 3.63) is 83.0 Å². The van der Waals surface area contributed by atoms with Crippen molar-refractivity contribution in [2.45, 2.75) is 24.0 Å². The Labute approximate surface area is 172 Å². The molecule has 0 saturated carbocycles. The van der Waals surface area contributed by atoms with Crippen molar-refractivity contribution in [3.63, 3.8) is 0 Å². The maximum Gasteiger partial charge on any atom is 0.153 e. The number of rotatable bonds is 5. The van der Waals surface area contributed by atoms with E-state index in [4.69, 9.17) is 10.1 Å². The quantitative estimate of drug-likeness (QED) is 0.428. The van der Waals surface area contributed by atoms with Gasteiger partial charge in [0.2, 0.25) is 0 Å². The molecule has 0 atom stereocenters. The lowest BCUT2D eigenvalue weighted by Crippen LogP contribution is -2.23. The van der Waals surface area contributed by atoms with Gasteiger partial charge in [0.1, 0.15) is 0 Å². The molecule has 2 aromatic heterocycles. The van der Waals surface area contributed by atoms with Crippen LogP contribution in [0.15, 0.2) is 70.1 Å². The Kier molecular flexibility index (Phi) is 4.66. The molecule has 0 radical (unpaired) electrons. The summed E-state index contributed by atoms with van der Waals surface area (Å²) < 4.78 is 4.73. The molecule has 4 nitrogen and oxygen atoms in total. The van der Waals surface area contributed by atoms with Crippen molar-refractivity contribution in [3.8, 4) is 0 Å². The Morgan fingerprint density at radius 1 is 0.964 bits per heavy atom. The summed E-state index contributed by atoms with van der Waals surface area (Å²) in [5.41, 5.74) is 6.17. The van der Waals surface area contributed by atoms with Crippen LogP contribution in [0.1, 0.15) is 22.4 Å². The SMILES string of the molecule is CSc1nc2c(s1)c1c(n2Cc2ccccc2)CN(Cc2ccccc2)N=C1. The first kappa shape index (κ1) is 17.5. The van der Waals surface area contributed by atoms with Crippen molar-refractivity contribution in [2.24, 2.45) is 5.10 Å². The lowest BCUT2D eigenvalue weighted by molar-refractivity contribution is 0.261. The summed E-state index contributed by atoms with van der Waals surface area (Å²) in [7, 11) is 0. The first-order chi connectivity index (χ1) is 13.8. The molecule has 3 heterocycles. The highest BCUT2D eigenvalue weighted by atomic mass is 32.2. The Morgan fingerprint density at radius 2 is 1.64 bits per heavy atom. The van der Waals surface area contributed by atoms with Crippen LogP contribution >= 0.6 is 23.1 Å². The molecule has 0 aliphatic carbocycles. The minimum atomic E-state index is 0.797. The second-order valence-electron chi connectivity index (χ2n) is 6.82. The van der Waals surface area contributed by atoms with Crippen LogP contribution in [0.25, 0.3) is 10.3 Å².